The Hall–Kier alpha value is -0.870. The Morgan fingerprint density at radius 1 is 1.33 bits per heavy atom. The van der Waals surface area contributed by atoms with Gasteiger partial charge in [0.15, 0.2) is 0 Å². The van der Waals surface area contributed by atoms with Crippen LogP contribution in [0.1, 0.15) is 51.9 Å². The van der Waals surface area contributed by atoms with Crippen LogP contribution in [0.5, 0.6) is 0 Å². The molecule has 1 spiro atoms. The van der Waals surface area contributed by atoms with Gasteiger partial charge in [-0.15, -0.1) is 0 Å². The predicted octanol–water partition coefficient (Wildman–Crippen LogP) is 2.43. The molecule has 8 unspecified atom stereocenters. The van der Waals surface area contributed by atoms with E-state index in [2.05, 4.69) is 13.5 Å². The molecule has 6 aliphatic rings. The van der Waals surface area contributed by atoms with Crippen LogP contribution in [0.15, 0.2) is 12.2 Å². The van der Waals surface area contributed by atoms with E-state index < -0.39 is 17.6 Å². The standard InChI is InChI=1S/C20H28O4/c1-11-9-19-7-4-12(11)8-13(19)20-6-3-5-18(2,10-21)15(20)14(16(19)22)24-17(20)23/h12-16,21-22H,1,3-10H2,2H3. The molecular weight excluding hydrogens is 304 g/mol. The molecule has 1 aliphatic heterocycles. The number of aliphatic hydroxyl groups is 2. The summed E-state index contributed by atoms with van der Waals surface area (Å²) in [6, 6.07) is 0. The highest BCUT2D eigenvalue weighted by atomic mass is 16.6. The maximum absolute atomic E-state index is 13.1. The van der Waals surface area contributed by atoms with Crippen LogP contribution in [0.4, 0.5) is 0 Å². The predicted molar refractivity (Wildman–Crippen MR) is 87.9 cm³/mol. The lowest BCUT2D eigenvalue weighted by Crippen LogP contribution is -2.69. The van der Waals surface area contributed by atoms with Gasteiger partial charge in [0.25, 0.3) is 0 Å². The Bertz CT molecular complexity index is 629. The van der Waals surface area contributed by atoms with Crippen molar-refractivity contribution in [3.8, 4) is 0 Å². The molecule has 0 aromatic rings. The van der Waals surface area contributed by atoms with E-state index in [1.165, 1.54) is 5.57 Å². The van der Waals surface area contributed by atoms with E-state index in [1.807, 2.05) is 0 Å². The van der Waals surface area contributed by atoms with E-state index in [1.54, 1.807) is 0 Å². The van der Waals surface area contributed by atoms with Crippen LogP contribution in [-0.2, 0) is 9.53 Å². The zero-order valence-corrected chi connectivity index (χ0v) is 14.5. The van der Waals surface area contributed by atoms with Gasteiger partial charge in [0.2, 0.25) is 0 Å². The van der Waals surface area contributed by atoms with Gasteiger partial charge in [0.05, 0.1) is 11.5 Å². The molecule has 6 rings (SSSR count). The number of carbonyl (C=O) groups excluding carboxylic acids is 1. The lowest BCUT2D eigenvalue weighted by Gasteiger charge is -2.66. The van der Waals surface area contributed by atoms with Crippen LogP contribution in [-0.4, -0.2) is 35.0 Å². The van der Waals surface area contributed by atoms with Crippen molar-refractivity contribution in [3.05, 3.63) is 12.2 Å². The minimum Gasteiger partial charge on any atom is -0.459 e. The van der Waals surface area contributed by atoms with E-state index in [-0.39, 0.29) is 35.2 Å². The van der Waals surface area contributed by atoms with E-state index in [4.69, 9.17) is 4.74 Å². The fourth-order valence-electron chi connectivity index (χ4n) is 7.81. The normalized spacial score (nSPS) is 58.2. The summed E-state index contributed by atoms with van der Waals surface area (Å²) in [4.78, 5) is 13.1. The number of rotatable bonds is 1. The van der Waals surface area contributed by atoms with Gasteiger partial charge in [0, 0.05) is 17.9 Å². The molecule has 4 nitrogen and oxygen atoms in total. The first-order valence-electron chi connectivity index (χ1n) is 9.57. The van der Waals surface area contributed by atoms with Gasteiger partial charge < -0.3 is 14.9 Å². The maximum atomic E-state index is 13.1. The van der Waals surface area contributed by atoms with Crippen molar-refractivity contribution in [2.24, 2.45) is 34.0 Å². The molecule has 0 amide bonds. The second-order valence-corrected chi connectivity index (χ2v) is 9.59. The molecule has 5 aliphatic carbocycles. The zero-order valence-electron chi connectivity index (χ0n) is 14.5. The summed E-state index contributed by atoms with van der Waals surface area (Å²) in [5, 5.41) is 21.5. The van der Waals surface area contributed by atoms with Crippen molar-refractivity contribution in [1.82, 2.24) is 0 Å². The largest absolute Gasteiger partial charge is 0.459 e. The molecule has 2 N–H and O–H groups in total. The monoisotopic (exact) mass is 332 g/mol. The van der Waals surface area contributed by atoms with E-state index in [0.29, 0.717) is 5.92 Å². The second-order valence-electron chi connectivity index (χ2n) is 9.59. The van der Waals surface area contributed by atoms with Crippen molar-refractivity contribution in [3.63, 3.8) is 0 Å². The van der Waals surface area contributed by atoms with Crippen LogP contribution in [0.3, 0.4) is 0 Å². The van der Waals surface area contributed by atoms with Gasteiger partial charge in [-0.1, -0.05) is 25.5 Å². The molecule has 132 valence electrons. The zero-order chi connectivity index (χ0) is 16.9. The topological polar surface area (TPSA) is 66.8 Å². The summed E-state index contributed by atoms with van der Waals surface area (Å²) in [6.45, 7) is 6.43. The van der Waals surface area contributed by atoms with Gasteiger partial charge in [0.1, 0.15) is 6.10 Å². The quantitative estimate of drug-likeness (QED) is 0.572. The number of carbonyl (C=O) groups is 1. The molecule has 0 aromatic carbocycles. The van der Waals surface area contributed by atoms with Crippen LogP contribution in [0.25, 0.3) is 0 Å². The first-order chi connectivity index (χ1) is 11.4. The molecule has 1 saturated heterocycles. The highest BCUT2D eigenvalue weighted by Crippen LogP contribution is 2.74. The van der Waals surface area contributed by atoms with E-state index in [0.717, 1.165) is 44.9 Å². The highest BCUT2D eigenvalue weighted by molar-refractivity contribution is 5.82. The maximum Gasteiger partial charge on any atom is 0.313 e. The summed E-state index contributed by atoms with van der Waals surface area (Å²) >= 11 is 0. The third-order valence-electron chi connectivity index (χ3n) is 8.79. The number of allylic oxidation sites excluding steroid dienone is 1. The van der Waals surface area contributed by atoms with E-state index >= 15 is 0 Å². The summed E-state index contributed by atoms with van der Waals surface area (Å²) in [5.74, 6) is 0.545. The Kier molecular flexibility index (Phi) is 2.85. The van der Waals surface area contributed by atoms with Crippen molar-refractivity contribution in [1.29, 1.82) is 0 Å². The Morgan fingerprint density at radius 3 is 2.83 bits per heavy atom. The van der Waals surface area contributed by atoms with Crippen LogP contribution in [0, 0.1) is 34.0 Å². The van der Waals surface area contributed by atoms with Crippen LogP contribution in [0.2, 0.25) is 0 Å². The lowest BCUT2D eigenvalue weighted by molar-refractivity contribution is -0.224. The summed E-state index contributed by atoms with van der Waals surface area (Å²) in [5.41, 5.74) is 0.219. The summed E-state index contributed by atoms with van der Waals surface area (Å²) in [7, 11) is 0. The third kappa shape index (κ3) is 1.44. The van der Waals surface area contributed by atoms with Gasteiger partial charge in [-0.3, -0.25) is 4.79 Å². The first-order valence-corrected chi connectivity index (χ1v) is 9.57. The van der Waals surface area contributed by atoms with Crippen molar-refractivity contribution in [2.75, 3.05) is 6.61 Å². The number of hydrogen-bond acceptors (Lipinski definition) is 4. The van der Waals surface area contributed by atoms with Crippen LogP contribution < -0.4 is 0 Å². The number of esters is 1. The molecule has 0 radical (unpaired) electrons. The van der Waals surface area contributed by atoms with Gasteiger partial charge in [-0.05, 0) is 55.8 Å². The summed E-state index contributed by atoms with van der Waals surface area (Å²) in [6.07, 6.45) is 5.56. The Morgan fingerprint density at radius 2 is 2.12 bits per heavy atom. The molecule has 4 bridgehead atoms. The highest BCUT2D eigenvalue weighted by Gasteiger charge is 2.78. The fourth-order valence-corrected chi connectivity index (χ4v) is 7.81. The van der Waals surface area contributed by atoms with Gasteiger partial charge in [-0.2, -0.15) is 0 Å². The van der Waals surface area contributed by atoms with Crippen molar-refractivity contribution in [2.45, 2.75) is 64.1 Å². The molecular formula is C20H28O4. The molecule has 4 heteroatoms. The molecule has 24 heavy (non-hydrogen) atoms. The SMILES string of the molecule is C=C1CC23CCC1CC2C12CCCC(C)(CO)C1C(OC2=O)C3O. The number of fused-ring (bicyclic) bond motifs is 2. The minimum absolute atomic E-state index is 0.0468. The number of aliphatic hydroxyl groups excluding tert-OH is 2. The molecule has 0 aromatic heterocycles. The first kappa shape index (κ1) is 15.4. The fraction of sp³-hybridized carbons (Fsp3) is 0.850. The molecule has 6 fully saturated rings. The number of hydrogen-bond donors (Lipinski definition) is 2. The van der Waals surface area contributed by atoms with Gasteiger partial charge >= 0.3 is 5.97 Å². The lowest BCUT2D eigenvalue weighted by atomic mass is 9.36. The van der Waals surface area contributed by atoms with Crippen LogP contribution >= 0.6 is 0 Å². The number of ether oxygens (including phenoxy) is 1. The second kappa shape index (κ2) is 4.45. The third-order valence-corrected chi connectivity index (χ3v) is 8.79. The average Bonchev–Trinajstić information content (AvgIpc) is 2.86. The van der Waals surface area contributed by atoms with E-state index in [9.17, 15) is 15.0 Å². The van der Waals surface area contributed by atoms with Crippen molar-refractivity contribution >= 4 is 5.97 Å². The molecule has 8 atom stereocenters. The minimum atomic E-state index is -0.617. The Labute approximate surface area is 143 Å². The Balaban J connectivity index is 1.71. The van der Waals surface area contributed by atoms with Gasteiger partial charge in [-0.25, -0.2) is 0 Å². The average molecular weight is 332 g/mol. The molecule has 1 heterocycles. The molecule has 5 saturated carbocycles. The van der Waals surface area contributed by atoms with Crippen molar-refractivity contribution < 1.29 is 19.7 Å². The smallest absolute Gasteiger partial charge is 0.313 e. The summed E-state index contributed by atoms with van der Waals surface area (Å²) < 4.78 is 5.88.